The molecule has 1 fully saturated rings. The van der Waals surface area contributed by atoms with E-state index in [0.29, 0.717) is 6.04 Å². The van der Waals surface area contributed by atoms with Crippen molar-refractivity contribution in [3.05, 3.63) is 34.9 Å². The van der Waals surface area contributed by atoms with Crippen LogP contribution in [0, 0.1) is 19.8 Å². The molecule has 1 aromatic carbocycles. The summed E-state index contributed by atoms with van der Waals surface area (Å²) < 4.78 is 5.51. The van der Waals surface area contributed by atoms with Crippen LogP contribution in [-0.2, 0) is 4.74 Å². The summed E-state index contributed by atoms with van der Waals surface area (Å²) in [7, 11) is 0. The van der Waals surface area contributed by atoms with Crippen molar-refractivity contribution in [1.29, 1.82) is 0 Å². The molecule has 2 rings (SSSR count). The van der Waals surface area contributed by atoms with Gasteiger partial charge < -0.3 is 10.1 Å². The highest BCUT2D eigenvalue weighted by atomic mass is 16.5. The van der Waals surface area contributed by atoms with Crippen molar-refractivity contribution >= 4 is 0 Å². The van der Waals surface area contributed by atoms with Crippen molar-refractivity contribution in [3.8, 4) is 0 Å². The topological polar surface area (TPSA) is 21.3 Å². The van der Waals surface area contributed by atoms with Gasteiger partial charge in [-0.1, -0.05) is 25.1 Å². The molecule has 0 saturated carbocycles. The Kier molecular flexibility index (Phi) is 5.41. The number of nitrogens with one attached hydrogen (secondary N) is 1. The van der Waals surface area contributed by atoms with Crippen molar-refractivity contribution in [3.63, 3.8) is 0 Å². The first-order valence-electron chi connectivity index (χ1n) is 7.59. The molecule has 1 aliphatic heterocycles. The molecular weight excluding hydrogens is 234 g/mol. The van der Waals surface area contributed by atoms with Crippen LogP contribution >= 0.6 is 0 Å². The van der Waals surface area contributed by atoms with Crippen LogP contribution in [0.4, 0.5) is 0 Å². The summed E-state index contributed by atoms with van der Waals surface area (Å²) in [5.74, 6) is 0.718. The Labute approximate surface area is 117 Å². The molecule has 1 heterocycles. The molecule has 0 spiro atoms. The van der Waals surface area contributed by atoms with E-state index in [4.69, 9.17) is 4.74 Å². The van der Waals surface area contributed by atoms with E-state index in [1.807, 2.05) is 0 Å². The molecule has 1 aliphatic rings. The second-order valence-corrected chi connectivity index (χ2v) is 5.82. The molecule has 106 valence electrons. The number of ether oxygens (including phenoxy) is 1. The zero-order valence-electron chi connectivity index (χ0n) is 12.5. The summed E-state index contributed by atoms with van der Waals surface area (Å²) in [5, 5.41) is 3.70. The Hall–Kier alpha value is -0.860. The quantitative estimate of drug-likeness (QED) is 0.841. The minimum Gasteiger partial charge on any atom is -0.381 e. The summed E-state index contributed by atoms with van der Waals surface area (Å²) in [4.78, 5) is 0. The van der Waals surface area contributed by atoms with Crippen LogP contribution in [0.3, 0.4) is 0 Å². The number of rotatable bonds is 6. The summed E-state index contributed by atoms with van der Waals surface area (Å²) in [6.45, 7) is 9.58. The van der Waals surface area contributed by atoms with Gasteiger partial charge in [-0.3, -0.25) is 0 Å². The second kappa shape index (κ2) is 7.06. The Balaban J connectivity index is 2.08. The number of aryl methyl sites for hydroxylation is 2. The Bertz CT molecular complexity index is 396. The van der Waals surface area contributed by atoms with Gasteiger partial charge in [0.15, 0.2) is 0 Å². The molecule has 2 heteroatoms. The predicted molar refractivity (Wildman–Crippen MR) is 80.5 cm³/mol. The highest BCUT2D eigenvalue weighted by Gasteiger charge is 2.21. The predicted octanol–water partition coefficient (Wildman–Crippen LogP) is 3.77. The summed E-state index contributed by atoms with van der Waals surface area (Å²) >= 11 is 0. The van der Waals surface area contributed by atoms with E-state index in [0.717, 1.165) is 25.7 Å². The smallest absolute Gasteiger partial charge is 0.0495 e. The van der Waals surface area contributed by atoms with E-state index < -0.39 is 0 Å². The zero-order valence-corrected chi connectivity index (χ0v) is 12.5. The highest BCUT2D eigenvalue weighted by molar-refractivity contribution is 5.31. The second-order valence-electron chi connectivity index (χ2n) is 5.82. The molecule has 1 saturated heterocycles. The van der Waals surface area contributed by atoms with Crippen molar-refractivity contribution in [2.45, 2.75) is 46.1 Å². The number of hydrogen-bond acceptors (Lipinski definition) is 2. The number of benzene rings is 1. The molecule has 1 aromatic rings. The molecule has 0 amide bonds. The fourth-order valence-electron chi connectivity index (χ4n) is 2.74. The average Bonchev–Trinajstić information content (AvgIpc) is 2.91. The minimum atomic E-state index is 0.478. The highest BCUT2D eigenvalue weighted by Crippen LogP contribution is 2.27. The van der Waals surface area contributed by atoms with Gasteiger partial charge in [0.05, 0.1) is 0 Å². The Morgan fingerprint density at radius 3 is 2.79 bits per heavy atom. The lowest BCUT2D eigenvalue weighted by atomic mass is 9.92. The SMILES string of the molecule is CCCNC(CC1CCOC1)c1ccc(C)c(C)c1. The molecule has 1 N–H and O–H groups in total. The fraction of sp³-hybridized carbons (Fsp3) is 0.647. The van der Waals surface area contributed by atoms with Crippen molar-refractivity contribution in [2.75, 3.05) is 19.8 Å². The van der Waals surface area contributed by atoms with Gasteiger partial charge in [-0.2, -0.15) is 0 Å². The standard InChI is InChI=1S/C17H27NO/c1-4-8-18-17(11-15-7-9-19-12-15)16-6-5-13(2)14(3)10-16/h5-6,10,15,17-18H,4,7-9,11-12H2,1-3H3. The Morgan fingerprint density at radius 2 is 2.16 bits per heavy atom. The number of hydrogen-bond donors (Lipinski definition) is 1. The molecule has 2 atom stereocenters. The zero-order chi connectivity index (χ0) is 13.7. The molecule has 2 nitrogen and oxygen atoms in total. The van der Waals surface area contributed by atoms with Gasteiger partial charge in [-0.25, -0.2) is 0 Å². The maximum atomic E-state index is 5.51. The van der Waals surface area contributed by atoms with Gasteiger partial charge in [-0.05, 0) is 62.3 Å². The van der Waals surface area contributed by atoms with E-state index >= 15 is 0 Å². The third kappa shape index (κ3) is 4.05. The average molecular weight is 261 g/mol. The normalized spacial score (nSPS) is 20.7. The van der Waals surface area contributed by atoms with Crippen LogP contribution in [0.25, 0.3) is 0 Å². The van der Waals surface area contributed by atoms with Gasteiger partial charge in [0.2, 0.25) is 0 Å². The lowest BCUT2D eigenvalue weighted by Gasteiger charge is -2.22. The van der Waals surface area contributed by atoms with Gasteiger partial charge >= 0.3 is 0 Å². The first kappa shape index (κ1) is 14.5. The third-order valence-electron chi connectivity index (χ3n) is 4.17. The molecule has 0 aliphatic carbocycles. The van der Waals surface area contributed by atoms with E-state index in [2.05, 4.69) is 44.3 Å². The molecule has 0 aromatic heterocycles. The summed E-state index contributed by atoms with van der Waals surface area (Å²) in [6.07, 6.45) is 3.60. The van der Waals surface area contributed by atoms with Crippen molar-refractivity contribution in [1.82, 2.24) is 5.32 Å². The maximum Gasteiger partial charge on any atom is 0.0495 e. The summed E-state index contributed by atoms with van der Waals surface area (Å²) in [5.41, 5.74) is 4.20. The van der Waals surface area contributed by atoms with Crippen LogP contribution in [0.1, 0.15) is 48.9 Å². The molecular formula is C17H27NO. The van der Waals surface area contributed by atoms with Gasteiger partial charge in [-0.15, -0.1) is 0 Å². The monoisotopic (exact) mass is 261 g/mol. The van der Waals surface area contributed by atoms with Crippen LogP contribution in [0.15, 0.2) is 18.2 Å². The lowest BCUT2D eigenvalue weighted by Crippen LogP contribution is -2.25. The van der Waals surface area contributed by atoms with Crippen molar-refractivity contribution < 1.29 is 4.74 Å². The van der Waals surface area contributed by atoms with Gasteiger partial charge in [0, 0.05) is 19.3 Å². The van der Waals surface area contributed by atoms with Crippen LogP contribution in [0.2, 0.25) is 0 Å². The van der Waals surface area contributed by atoms with Crippen LogP contribution in [-0.4, -0.2) is 19.8 Å². The van der Waals surface area contributed by atoms with E-state index in [-0.39, 0.29) is 0 Å². The first-order chi connectivity index (χ1) is 9.20. The Morgan fingerprint density at radius 1 is 1.32 bits per heavy atom. The maximum absolute atomic E-state index is 5.51. The fourth-order valence-corrected chi connectivity index (χ4v) is 2.74. The molecule has 0 bridgehead atoms. The largest absolute Gasteiger partial charge is 0.381 e. The van der Waals surface area contributed by atoms with E-state index in [1.165, 1.54) is 36.0 Å². The van der Waals surface area contributed by atoms with E-state index in [9.17, 15) is 0 Å². The molecule has 19 heavy (non-hydrogen) atoms. The first-order valence-corrected chi connectivity index (χ1v) is 7.59. The molecule has 2 unspecified atom stereocenters. The van der Waals surface area contributed by atoms with Crippen LogP contribution in [0.5, 0.6) is 0 Å². The molecule has 0 radical (unpaired) electrons. The van der Waals surface area contributed by atoms with Crippen LogP contribution < -0.4 is 5.32 Å². The summed E-state index contributed by atoms with van der Waals surface area (Å²) in [6, 6.07) is 7.35. The minimum absolute atomic E-state index is 0.478. The van der Waals surface area contributed by atoms with Gasteiger partial charge in [0.25, 0.3) is 0 Å². The van der Waals surface area contributed by atoms with Gasteiger partial charge in [0.1, 0.15) is 0 Å². The van der Waals surface area contributed by atoms with Crippen molar-refractivity contribution in [2.24, 2.45) is 5.92 Å². The third-order valence-corrected chi connectivity index (χ3v) is 4.17. The van der Waals surface area contributed by atoms with E-state index in [1.54, 1.807) is 0 Å². The lowest BCUT2D eigenvalue weighted by molar-refractivity contribution is 0.181.